The topological polar surface area (TPSA) is 104 Å². The van der Waals surface area contributed by atoms with Crippen molar-refractivity contribution in [2.45, 2.75) is 0 Å². The first-order valence-electron chi connectivity index (χ1n) is 36.9. The Morgan fingerprint density at radius 3 is 0.818 bits per heavy atom. The van der Waals surface area contributed by atoms with Gasteiger partial charge in [-0.3, -0.25) is 0 Å². The van der Waals surface area contributed by atoms with Gasteiger partial charge in [0, 0.05) is 88.3 Å². The Balaban J connectivity index is 0.000000149. The average molecular weight is 1410 g/mol. The summed E-state index contributed by atoms with van der Waals surface area (Å²) in [5, 5.41) is 4.22. The summed E-state index contributed by atoms with van der Waals surface area (Å²) < 4.78 is 13.8. The van der Waals surface area contributed by atoms with Crippen molar-refractivity contribution >= 4 is 43.7 Å². The molecule has 0 N–H and O–H groups in total. The molecule has 0 saturated heterocycles. The normalized spacial score (nSPS) is 11.3. The van der Waals surface area contributed by atoms with E-state index in [-0.39, 0.29) is 0 Å². The number of nitrogens with zero attached hydrogens (tertiary/aromatic N) is 6. The SMILES string of the molecule is c1ccc(-c2cc(-c3ccc(-c4ccc(-c5c(-c6ccccc6)oc6c(-c7ccccc7)nc7ccccc7c56)cc4)cc3)nc(-c3ccccc3)n2)cc1.c1ccc(-c2cccc(-c3cc(-c4ccc(-c5c(-c6ccccc6)oc6c(-c7ccccc7)nc7ccccc7c56)cc4)nc(-c4ccccc4)n3)c2)cc1. The molecule has 6 heterocycles. The smallest absolute Gasteiger partial charge is 0.162 e. The quantitative estimate of drug-likeness (QED) is 0.106. The van der Waals surface area contributed by atoms with Crippen molar-refractivity contribution in [2.75, 3.05) is 0 Å². The van der Waals surface area contributed by atoms with E-state index in [0.29, 0.717) is 11.6 Å². The Labute approximate surface area is 636 Å². The molecule has 0 aliphatic rings. The number of hydrogen-bond donors (Lipinski definition) is 0. The number of benzene rings is 14. The van der Waals surface area contributed by atoms with Gasteiger partial charge in [0.15, 0.2) is 22.8 Å². The van der Waals surface area contributed by atoms with Gasteiger partial charge in [-0.25, -0.2) is 29.9 Å². The molecule has 0 saturated carbocycles. The van der Waals surface area contributed by atoms with E-state index in [1.165, 1.54) is 5.56 Å². The molecule has 14 aromatic carbocycles. The van der Waals surface area contributed by atoms with Crippen LogP contribution in [0, 0.1) is 0 Å². The summed E-state index contributed by atoms with van der Waals surface area (Å²) in [7, 11) is 0. The van der Waals surface area contributed by atoms with Crippen LogP contribution >= 0.6 is 0 Å². The van der Waals surface area contributed by atoms with Gasteiger partial charge in [-0.05, 0) is 63.7 Å². The Kier molecular flexibility index (Phi) is 17.5. The Morgan fingerprint density at radius 2 is 0.436 bits per heavy atom. The molecule has 0 aliphatic carbocycles. The molecule has 516 valence electrons. The van der Waals surface area contributed by atoms with Crippen LogP contribution in [0.5, 0.6) is 0 Å². The summed E-state index contributed by atoms with van der Waals surface area (Å²) in [4.78, 5) is 30.5. The molecule has 0 spiro atoms. The van der Waals surface area contributed by atoms with E-state index in [0.717, 1.165) is 184 Å². The summed E-state index contributed by atoms with van der Waals surface area (Å²) in [6.45, 7) is 0. The van der Waals surface area contributed by atoms with E-state index < -0.39 is 0 Å². The average Bonchev–Trinajstić information content (AvgIpc) is 1.57. The van der Waals surface area contributed by atoms with Gasteiger partial charge in [-0.2, -0.15) is 0 Å². The van der Waals surface area contributed by atoms with Crippen LogP contribution in [-0.4, -0.2) is 29.9 Å². The summed E-state index contributed by atoms with van der Waals surface area (Å²) >= 11 is 0. The zero-order chi connectivity index (χ0) is 73.1. The van der Waals surface area contributed by atoms with Gasteiger partial charge in [0.1, 0.15) is 22.9 Å². The first-order chi connectivity index (χ1) is 54.5. The third-order valence-corrected chi connectivity index (χ3v) is 20.2. The lowest BCUT2D eigenvalue weighted by Gasteiger charge is -2.11. The molecule has 8 heteroatoms. The second-order valence-electron chi connectivity index (χ2n) is 27.1. The Hall–Kier alpha value is -14.9. The maximum atomic E-state index is 6.94. The molecule has 0 radical (unpaired) electrons. The highest BCUT2D eigenvalue weighted by Crippen LogP contribution is 2.49. The fraction of sp³-hybridized carbons (Fsp3) is 0. The van der Waals surface area contributed by atoms with Crippen molar-refractivity contribution in [1.82, 2.24) is 29.9 Å². The first kappa shape index (κ1) is 65.9. The van der Waals surface area contributed by atoms with Crippen molar-refractivity contribution in [3.05, 3.63) is 400 Å². The highest BCUT2D eigenvalue weighted by atomic mass is 16.3. The molecule has 6 aromatic heterocycles. The van der Waals surface area contributed by atoms with E-state index in [9.17, 15) is 0 Å². The number of fused-ring (bicyclic) bond motifs is 6. The van der Waals surface area contributed by atoms with Crippen molar-refractivity contribution in [3.63, 3.8) is 0 Å². The van der Waals surface area contributed by atoms with Gasteiger partial charge in [-0.15, -0.1) is 0 Å². The predicted molar refractivity (Wildman–Crippen MR) is 450 cm³/mol. The molecule has 0 fully saturated rings. The maximum absolute atomic E-state index is 6.94. The van der Waals surface area contributed by atoms with E-state index in [1.54, 1.807) is 0 Å². The van der Waals surface area contributed by atoms with Crippen molar-refractivity contribution in [2.24, 2.45) is 0 Å². The Bertz CT molecular complexity index is 6630. The van der Waals surface area contributed by atoms with E-state index in [2.05, 4.69) is 279 Å². The van der Waals surface area contributed by atoms with Crippen molar-refractivity contribution in [3.8, 4) is 157 Å². The van der Waals surface area contributed by atoms with Gasteiger partial charge in [0.2, 0.25) is 0 Å². The van der Waals surface area contributed by atoms with Gasteiger partial charge >= 0.3 is 0 Å². The maximum Gasteiger partial charge on any atom is 0.162 e. The zero-order valence-corrected chi connectivity index (χ0v) is 59.6. The van der Waals surface area contributed by atoms with Gasteiger partial charge in [0.05, 0.1) is 33.8 Å². The molecule has 20 aromatic rings. The molecule has 0 aliphatic heterocycles. The molecule has 0 atom stereocenters. The standard InChI is InChI=1S/2C51H33N3O/c1-5-16-34(17-6-1)40-24-15-25-41(32-40)45-33-44(53-51(54-45)39-22-11-4-12-23-39)35-28-30-36(31-29-35)46-47-42-26-13-14-27-43(42)52-48(37-18-7-2-8-19-37)50(47)55-49(46)38-20-9-3-10-21-38;1-5-15-36(16-6-1)44-33-45(54-51(53-44)41-21-11-4-12-22-41)37-29-25-34(26-30-37)35-27-31-38(32-28-35)46-47-42-23-13-14-24-43(42)52-48(39-17-7-2-8-18-39)50(47)55-49(46)40-19-9-3-10-20-40/h2*1-33H. The van der Waals surface area contributed by atoms with E-state index in [1.807, 2.05) is 121 Å². The molecule has 0 bridgehead atoms. The lowest BCUT2D eigenvalue weighted by molar-refractivity contribution is 0.632. The Morgan fingerprint density at radius 1 is 0.173 bits per heavy atom. The minimum Gasteiger partial charge on any atom is -0.453 e. The number of rotatable bonds is 14. The van der Waals surface area contributed by atoms with Crippen LogP contribution in [0.3, 0.4) is 0 Å². The summed E-state index contributed by atoms with van der Waals surface area (Å²) in [6.07, 6.45) is 0. The third-order valence-electron chi connectivity index (χ3n) is 20.2. The van der Waals surface area contributed by atoms with Crippen LogP contribution in [0.1, 0.15) is 0 Å². The van der Waals surface area contributed by atoms with Crippen LogP contribution in [-0.2, 0) is 0 Å². The van der Waals surface area contributed by atoms with Crippen LogP contribution in [0.25, 0.3) is 201 Å². The summed E-state index contributed by atoms with van der Waals surface area (Å²) in [6, 6.07) is 138. The molecule has 8 nitrogen and oxygen atoms in total. The largest absolute Gasteiger partial charge is 0.453 e. The number of para-hydroxylation sites is 2. The first-order valence-corrected chi connectivity index (χ1v) is 36.9. The summed E-state index contributed by atoms with van der Waals surface area (Å²) in [5.74, 6) is 3.03. The molecular weight excluding hydrogens is 1340 g/mol. The second kappa shape index (κ2) is 29.2. The van der Waals surface area contributed by atoms with Crippen molar-refractivity contribution < 1.29 is 8.83 Å². The predicted octanol–water partition coefficient (Wildman–Crippen LogP) is 26.9. The molecular formula is C102H66N6O2. The van der Waals surface area contributed by atoms with Crippen LogP contribution in [0.15, 0.2) is 409 Å². The van der Waals surface area contributed by atoms with E-state index >= 15 is 0 Å². The minimum atomic E-state index is 0.682. The molecule has 0 amide bonds. The second-order valence-corrected chi connectivity index (χ2v) is 27.1. The number of aromatic nitrogens is 6. The molecule has 0 unspecified atom stereocenters. The van der Waals surface area contributed by atoms with Gasteiger partial charge < -0.3 is 8.83 Å². The highest BCUT2D eigenvalue weighted by molar-refractivity contribution is 6.20. The van der Waals surface area contributed by atoms with Crippen LogP contribution < -0.4 is 0 Å². The monoisotopic (exact) mass is 1410 g/mol. The van der Waals surface area contributed by atoms with Gasteiger partial charge in [-0.1, -0.05) is 370 Å². The number of hydrogen-bond acceptors (Lipinski definition) is 8. The number of pyridine rings is 2. The lowest BCUT2D eigenvalue weighted by atomic mass is 9.94. The minimum absolute atomic E-state index is 0.682. The fourth-order valence-electron chi connectivity index (χ4n) is 14.8. The number of furan rings is 2. The van der Waals surface area contributed by atoms with Crippen LogP contribution in [0.2, 0.25) is 0 Å². The summed E-state index contributed by atoms with van der Waals surface area (Å²) in [5.41, 5.74) is 27.5. The highest BCUT2D eigenvalue weighted by Gasteiger charge is 2.27. The zero-order valence-electron chi connectivity index (χ0n) is 59.6. The van der Waals surface area contributed by atoms with Crippen LogP contribution in [0.4, 0.5) is 0 Å². The molecule has 20 rings (SSSR count). The van der Waals surface area contributed by atoms with Gasteiger partial charge in [0.25, 0.3) is 0 Å². The lowest BCUT2D eigenvalue weighted by Crippen LogP contribution is -1.96. The van der Waals surface area contributed by atoms with E-state index in [4.69, 9.17) is 38.7 Å². The third kappa shape index (κ3) is 12.9. The van der Waals surface area contributed by atoms with Crippen molar-refractivity contribution in [1.29, 1.82) is 0 Å². The fourth-order valence-corrected chi connectivity index (χ4v) is 14.8. The molecule has 110 heavy (non-hydrogen) atoms.